The molecule has 1 atom stereocenters. The van der Waals surface area contributed by atoms with Crippen LogP contribution in [0.2, 0.25) is 0 Å². The zero-order valence-electron chi connectivity index (χ0n) is 11.8. The van der Waals surface area contributed by atoms with Gasteiger partial charge in [0.25, 0.3) is 0 Å². The maximum atomic E-state index is 11.2. The summed E-state index contributed by atoms with van der Waals surface area (Å²) in [6.07, 6.45) is 3.37. The molecule has 5 N–H and O–H groups in total. The molecule has 0 aliphatic heterocycles. The van der Waals surface area contributed by atoms with Gasteiger partial charge in [-0.25, -0.2) is 0 Å². The first-order valence-electron chi connectivity index (χ1n) is 7.19. The van der Waals surface area contributed by atoms with Gasteiger partial charge in [0.15, 0.2) is 0 Å². The summed E-state index contributed by atoms with van der Waals surface area (Å²) < 4.78 is 0. The molecule has 1 unspecified atom stereocenters. The third-order valence-corrected chi connectivity index (χ3v) is 4.04. The van der Waals surface area contributed by atoms with Crippen LogP contribution in [-0.4, -0.2) is 5.91 Å². The molecule has 2 aromatic rings. The second kappa shape index (κ2) is 5.48. The van der Waals surface area contributed by atoms with E-state index in [1.807, 2.05) is 6.07 Å². The van der Waals surface area contributed by atoms with Crippen molar-refractivity contribution < 1.29 is 4.79 Å². The monoisotopic (exact) mass is 281 g/mol. The van der Waals surface area contributed by atoms with Gasteiger partial charge in [-0.05, 0) is 48.6 Å². The number of carbonyl (C=O) groups is 1. The lowest BCUT2D eigenvalue weighted by Gasteiger charge is -2.27. The Balaban J connectivity index is 1.86. The molecule has 0 radical (unpaired) electrons. The SMILES string of the molecule is NC(=O)c1ccc(NC2CCCc3ccccc32)c(N)c1. The topological polar surface area (TPSA) is 81.1 Å². The van der Waals surface area contributed by atoms with Crippen LogP contribution in [0.15, 0.2) is 42.5 Å². The van der Waals surface area contributed by atoms with E-state index in [1.165, 1.54) is 11.1 Å². The molecule has 3 rings (SSSR count). The first-order chi connectivity index (χ1) is 10.1. The van der Waals surface area contributed by atoms with Gasteiger partial charge in [0, 0.05) is 5.56 Å². The first-order valence-corrected chi connectivity index (χ1v) is 7.19. The highest BCUT2D eigenvalue weighted by Crippen LogP contribution is 2.34. The van der Waals surface area contributed by atoms with Crippen LogP contribution in [0.25, 0.3) is 0 Å². The van der Waals surface area contributed by atoms with Gasteiger partial charge in [0.1, 0.15) is 0 Å². The molecule has 1 aliphatic carbocycles. The van der Waals surface area contributed by atoms with Gasteiger partial charge in [-0.2, -0.15) is 0 Å². The van der Waals surface area contributed by atoms with Crippen molar-refractivity contribution in [3.63, 3.8) is 0 Å². The third kappa shape index (κ3) is 2.70. The van der Waals surface area contributed by atoms with Gasteiger partial charge < -0.3 is 16.8 Å². The second-order valence-corrected chi connectivity index (χ2v) is 5.45. The molecule has 2 aromatic carbocycles. The van der Waals surface area contributed by atoms with E-state index in [0.29, 0.717) is 11.3 Å². The van der Waals surface area contributed by atoms with Crippen molar-refractivity contribution in [2.45, 2.75) is 25.3 Å². The summed E-state index contributed by atoms with van der Waals surface area (Å²) >= 11 is 0. The van der Waals surface area contributed by atoms with E-state index in [0.717, 1.165) is 24.9 Å². The van der Waals surface area contributed by atoms with Crippen LogP contribution in [-0.2, 0) is 6.42 Å². The van der Waals surface area contributed by atoms with E-state index in [-0.39, 0.29) is 6.04 Å². The fourth-order valence-corrected chi connectivity index (χ4v) is 2.94. The number of anilines is 2. The molecule has 0 spiro atoms. The Morgan fingerprint density at radius 1 is 1.19 bits per heavy atom. The Hall–Kier alpha value is -2.49. The summed E-state index contributed by atoms with van der Waals surface area (Å²) in [5, 5.41) is 3.49. The highest BCUT2D eigenvalue weighted by Gasteiger charge is 2.20. The fraction of sp³-hybridized carbons (Fsp3) is 0.235. The molecule has 108 valence electrons. The van der Waals surface area contributed by atoms with Crippen LogP contribution in [0, 0.1) is 0 Å². The van der Waals surface area contributed by atoms with Crippen LogP contribution < -0.4 is 16.8 Å². The Bertz CT molecular complexity index is 681. The van der Waals surface area contributed by atoms with E-state index < -0.39 is 5.91 Å². The lowest BCUT2D eigenvalue weighted by Crippen LogP contribution is -2.18. The van der Waals surface area contributed by atoms with Crippen LogP contribution >= 0.6 is 0 Å². The first kappa shape index (κ1) is 13.5. The maximum absolute atomic E-state index is 11.2. The van der Waals surface area contributed by atoms with Gasteiger partial charge in [0.05, 0.1) is 17.4 Å². The molecule has 1 aliphatic rings. The van der Waals surface area contributed by atoms with Crippen LogP contribution in [0.5, 0.6) is 0 Å². The summed E-state index contributed by atoms with van der Waals surface area (Å²) in [5.74, 6) is -0.462. The zero-order valence-corrected chi connectivity index (χ0v) is 11.8. The number of amides is 1. The van der Waals surface area contributed by atoms with Crippen molar-refractivity contribution >= 4 is 17.3 Å². The minimum absolute atomic E-state index is 0.261. The van der Waals surface area contributed by atoms with Crippen molar-refractivity contribution in [2.24, 2.45) is 5.73 Å². The summed E-state index contributed by atoms with van der Waals surface area (Å²) in [7, 11) is 0. The number of carbonyl (C=O) groups excluding carboxylic acids is 1. The predicted molar refractivity (Wildman–Crippen MR) is 85.1 cm³/mol. The molecule has 0 aromatic heterocycles. The molecule has 0 fully saturated rings. The number of nitrogen functional groups attached to an aromatic ring is 1. The number of nitrogens with two attached hydrogens (primary N) is 2. The Morgan fingerprint density at radius 2 is 2.00 bits per heavy atom. The number of aryl methyl sites for hydroxylation is 1. The fourth-order valence-electron chi connectivity index (χ4n) is 2.94. The minimum Gasteiger partial charge on any atom is -0.397 e. The van der Waals surface area contributed by atoms with Gasteiger partial charge in [-0.3, -0.25) is 4.79 Å². The molecular weight excluding hydrogens is 262 g/mol. The molecule has 0 saturated carbocycles. The Labute approximate surface area is 124 Å². The quantitative estimate of drug-likeness (QED) is 0.757. The van der Waals surface area contributed by atoms with E-state index in [2.05, 4.69) is 29.6 Å². The average molecular weight is 281 g/mol. The number of hydrogen-bond donors (Lipinski definition) is 3. The summed E-state index contributed by atoms with van der Waals surface area (Å²) in [6, 6.07) is 13.9. The highest BCUT2D eigenvalue weighted by atomic mass is 16.1. The number of primary amides is 1. The van der Waals surface area contributed by atoms with Gasteiger partial charge in [0.2, 0.25) is 5.91 Å². The number of fused-ring (bicyclic) bond motifs is 1. The molecular formula is C17H19N3O. The summed E-state index contributed by atoms with van der Waals surface area (Å²) in [4.78, 5) is 11.2. The van der Waals surface area contributed by atoms with E-state index >= 15 is 0 Å². The summed E-state index contributed by atoms with van der Waals surface area (Å²) in [6.45, 7) is 0. The molecule has 1 amide bonds. The number of hydrogen-bond acceptors (Lipinski definition) is 3. The molecule has 0 heterocycles. The second-order valence-electron chi connectivity index (χ2n) is 5.45. The number of rotatable bonds is 3. The van der Waals surface area contributed by atoms with Crippen LogP contribution in [0.1, 0.15) is 40.4 Å². The number of nitrogens with one attached hydrogen (secondary N) is 1. The lowest BCUT2D eigenvalue weighted by atomic mass is 9.87. The molecule has 21 heavy (non-hydrogen) atoms. The zero-order chi connectivity index (χ0) is 14.8. The van der Waals surface area contributed by atoms with E-state index in [1.54, 1.807) is 12.1 Å². The predicted octanol–water partition coefficient (Wildman–Crippen LogP) is 2.86. The largest absolute Gasteiger partial charge is 0.397 e. The van der Waals surface area contributed by atoms with E-state index in [9.17, 15) is 4.79 Å². The van der Waals surface area contributed by atoms with Crippen molar-refractivity contribution in [1.82, 2.24) is 0 Å². The molecule has 4 heteroatoms. The minimum atomic E-state index is -0.462. The number of benzene rings is 2. The van der Waals surface area contributed by atoms with Crippen molar-refractivity contribution in [2.75, 3.05) is 11.1 Å². The molecule has 0 saturated heterocycles. The standard InChI is InChI=1S/C17H19N3O/c18-14-10-12(17(19)21)8-9-16(14)20-15-7-3-5-11-4-1-2-6-13(11)15/h1-2,4,6,8-10,15,20H,3,5,7,18H2,(H2,19,21). The highest BCUT2D eigenvalue weighted by molar-refractivity contribution is 5.94. The van der Waals surface area contributed by atoms with Crippen molar-refractivity contribution in [3.05, 3.63) is 59.2 Å². The Morgan fingerprint density at radius 3 is 2.76 bits per heavy atom. The average Bonchev–Trinajstić information content (AvgIpc) is 2.49. The normalized spacial score (nSPS) is 17.0. The van der Waals surface area contributed by atoms with Crippen LogP contribution in [0.3, 0.4) is 0 Å². The Kier molecular flexibility index (Phi) is 3.52. The summed E-state index contributed by atoms with van der Waals surface area (Å²) in [5.41, 5.74) is 15.9. The third-order valence-electron chi connectivity index (χ3n) is 4.04. The van der Waals surface area contributed by atoms with Crippen molar-refractivity contribution in [1.29, 1.82) is 0 Å². The van der Waals surface area contributed by atoms with Crippen LogP contribution in [0.4, 0.5) is 11.4 Å². The molecule has 0 bridgehead atoms. The van der Waals surface area contributed by atoms with Gasteiger partial charge in [-0.15, -0.1) is 0 Å². The maximum Gasteiger partial charge on any atom is 0.248 e. The molecule has 4 nitrogen and oxygen atoms in total. The van der Waals surface area contributed by atoms with Crippen molar-refractivity contribution in [3.8, 4) is 0 Å². The van der Waals surface area contributed by atoms with Gasteiger partial charge >= 0.3 is 0 Å². The van der Waals surface area contributed by atoms with Gasteiger partial charge in [-0.1, -0.05) is 24.3 Å². The van der Waals surface area contributed by atoms with E-state index in [4.69, 9.17) is 11.5 Å². The smallest absolute Gasteiger partial charge is 0.248 e. The lowest BCUT2D eigenvalue weighted by molar-refractivity contribution is 0.100.